The number of nitrogens with two attached hydrogens (primary N) is 1. The first kappa shape index (κ1) is 17.4. The highest BCUT2D eigenvalue weighted by Gasteiger charge is 2.35. The van der Waals surface area contributed by atoms with Gasteiger partial charge in [0.1, 0.15) is 0 Å². The first-order valence-corrected chi connectivity index (χ1v) is 9.49. The predicted octanol–water partition coefficient (Wildman–Crippen LogP) is 2.33. The second-order valence-electron chi connectivity index (χ2n) is 7.62. The molecule has 1 unspecified atom stereocenters. The van der Waals surface area contributed by atoms with Crippen LogP contribution >= 0.6 is 0 Å². The Hall–Kier alpha value is -1.39. The number of hydrogen-bond donors (Lipinski definition) is 2. The van der Waals surface area contributed by atoms with E-state index in [-0.39, 0.29) is 5.91 Å². The third-order valence-electron chi connectivity index (χ3n) is 5.68. The summed E-state index contributed by atoms with van der Waals surface area (Å²) >= 11 is 0. The van der Waals surface area contributed by atoms with Crippen LogP contribution < -0.4 is 11.1 Å². The van der Waals surface area contributed by atoms with Crippen LogP contribution in [-0.4, -0.2) is 42.5 Å². The molecule has 4 heteroatoms. The van der Waals surface area contributed by atoms with Crippen molar-refractivity contribution < 1.29 is 4.79 Å². The zero-order valence-corrected chi connectivity index (χ0v) is 14.7. The molecule has 3 N–H and O–H groups in total. The fourth-order valence-corrected chi connectivity index (χ4v) is 4.04. The third-order valence-corrected chi connectivity index (χ3v) is 5.68. The molecule has 1 aliphatic heterocycles. The van der Waals surface area contributed by atoms with Crippen molar-refractivity contribution in [1.82, 2.24) is 10.2 Å². The van der Waals surface area contributed by atoms with Gasteiger partial charge in [0.15, 0.2) is 0 Å². The molecule has 1 saturated heterocycles. The average Bonchev–Trinajstić information content (AvgIpc) is 3.07. The summed E-state index contributed by atoms with van der Waals surface area (Å²) in [6.45, 7) is 4.11. The van der Waals surface area contributed by atoms with Crippen molar-refractivity contribution in [1.29, 1.82) is 0 Å². The lowest BCUT2D eigenvalue weighted by atomic mass is 9.82. The minimum Gasteiger partial charge on any atom is -0.354 e. The second kappa shape index (κ2) is 8.13. The van der Waals surface area contributed by atoms with Crippen molar-refractivity contribution in [3.63, 3.8) is 0 Å². The fourth-order valence-electron chi connectivity index (χ4n) is 4.04. The zero-order chi connectivity index (χ0) is 16.8. The quantitative estimate of drug-likeness (QED) is 0.842. The van der Waals surface area contributed by atoms with Crippen LogP contribution in [0.1, 0.15) is 44.1 Å². The van der Waals surface area contributed by atoms with Gasteiger partial charge in [-0.15, -0.1) is 0 Å². The van der Waals surface area contributed by atoms with Crippen molar-refractivity contribution in [3.8, 4) is 0 Å². The Labute approximate surface area is 145 Å². The molecular weight excluding hydrogens is 298 g/mol. The highest BCUT2D eigenvalue weighted by atomic mass is 16.2. The van der Waals surface area contributed by atoms with Gasteiger partial charge in [0.25, 0.3) is 0 Å². The van der Waals surface area contributed by atoms with Gasteiger partial charge in [-0.2, -0.15) is 0 Å². The van der Waals surface area contributed by atoms with Gasteiger partial charge in [-0.25, -0.2) is 0 Å². The van der Waals surface area contributed by atoms with E-state index in [1.807, 2.05) is 0 Å². The Balaban J connectivity index is 1.37. The molecule has 1 amide bonds. The predicted molar refractivity (Wildman–Crippen MR) is 97.7 cm³/mol. The molecule has 2 fully saturated rings. The molecule has 1 saturated carbocycles. The van der Waals surface area contributed by atoms with Gasteiger partial charge in [-0.05, 0) is 43.7 Å². The van der Waals surface area contributed by atoms with E-state index in [1.165, 1.54) is 18.4 Å². The van der Waals surface area contributed by atoms with E-state index in [0.717, 1.165) is 58.3 Å². The van der Waals surface area contributed by atoms with Gasteiger partial charge in [-0.3, -0.25) is 4.79 Å². The number of carbonyl (C=O) groups excluding carboxylic acids is 1. The number of amides is 1. The van der Waals surface area contributed by atoms with Crippen molar-refractivity contribution in [2.24, 2.45) is 11.7 Å². The second-order valence-corrected chi connectivity index (χ2v) is 7.62. The van der Waals surface area contributed by atoms with Crippen LogP contribution in [-0.2, 0) is 11.2 Å². The van der Waals surface area contributed by atoms with Gasteiger partial charge < -0.3 is 16.0 Å². The Morgan fingerprint density at radius 1 is 1.21 bits per heavy atom. The van der Waals surface area contributed by atoms with Gasteiger partial charge >= 0.3 is 0 Å². The zero-order valence-electron chi connectivity index (χ0n) is 14.7. The smallest absolute Gasteiger partial charge is 0.240 e. The largest absolute Gasteiger partial charge is 0.354 e. The summed E-state index contributed by atoms with van der Waals surface area (Å²) in [6, 6.07) is 10.7. The monoisotopic (exact) mass is 329 g/mol. The lowest BCUT2D eigenvalue weighted by molar-refractivity contribution is -0.127. The van der Waals surface area contributed by atoms with E-state index in [9.17, 15) is 4.79 Å². The molecule has 0 aromatic heterocycles. The van der Waals surface area contributed by atoms with E-state index < -0.39 is 5.54 Å². The molecule has 1 heterocycles. The Morgan fingerprint density at radius 3 is 2.71 bits per heavy atom. The molecule has 24 heavy (non-hydrogen) atoms. The molecule has 0 spiro atoms. The third kappa shape index (κ3) is 4.58. The Morgan fingerprint density at radius 2 is 1.96 bits per heavy atom. The Bertz CT molecular complexity index is 525. The molecule has 1 aromatic carbocycles. The van der Waals surface area contributed by atoms with E-state index in [1.54, 1.807) is 0 Å². The first-order chi connectivity index (χ1) is 11.7. The van der Waals surface area contributed by atoms with Crippen LogP contribution in [0.5, 0.6) is 0 Å². The first-order valence-electron chi connectivity index (χ1n) is 9.49. The number of hydrogen-bond acceptors (Lipinski definition) is 3. The summed E-state index contributed by atoms with van der Waals surface area (Å²) in [5.74, 6) is 0.641. The number of benzene rings is 1. The van der Waals surface area contributed by atoms with Crippen LogP contribution in [0, 0.1) is 5.92 Å². The summed E-state index contributed by atoms with van der Waals surface area (Å²) in [4.78, 5) is 14.9. The van der Waals surface area contributed by atoms with E-state index in [0.29, 0.717) is 5.92 Å². The standard InChI is InChI=1S/C20H31N3O/c21-20(11-5-2-6-12-20)19(24)22-15-18-10-14-23(16-18)13-9-17-7-3-1-4-8-17/h1,3-4,7-8,18H,2,5-6,9-16,21H2,(H,22,24). The molecule has 1 aromatic rings. The van der Waals surface area contributed by atoms with Crippen LogP contribution in [0.2, 0.25) is 0 Å². The minimum absolute atomic E-state index is 0.0740. The van der Waals surface area contributed by atoms with Crippen molar-refractivity contribution >= 4 is 5.91 Å². The number of rotatable bonds is 6. The summed E-state index contributed by atoms with van der Waals surface area (Å²) in [5, 5.41) is 3.14. The normalized spacial score (nSPS) is 24.0. The van der Waals surface area contributed by atoms with Crippen LogP contribution in [0.15, 0.2) is 30.3 Å². The van der Waals surface area contributed by atoms with Crippen LogP contribution in [0.25, 0.3) is 0 Å². The van der Waals surface area contributed by atoms with Gasteiger partial charge in [0.05, 0.1) is 5.54 Å². The molecule has 2 aliphatic rings. The summed E-state index contributed by atoms with van der Waals surface area (Å²) in [7, 11) is 0. The average molecular weight is 329 g/mol. The highest BCUT2D eigenvalue weighted by molar-refractivity contribution is 5.86. The lowest BCUT2D eigenvalue weighted by Crippen LogP contribution is -2.55. The number of nitrogens with one attached hydrogen (secondary N) is 1. The molecule has 4 nitrogen and oxygen atoms in total. The SMILES string of the molecule is NC1(C(=O)NCC2CCN(CCc3ccccc3)C2)CCCCC1. The number of nitrogens with zero attached hydrogens (tertiary/aromatic N) is 1. The van der Waals surface area contributed by atoms with Crippen LogP contribution in [0.4, 0.5) is 0 Å². The topological polar surface area (TPSA) is 58.4 Å². The highest BCUT2D eigenvalue weighted by Crippen LogP contribution is 2.26. The van der Waals surface area contributed by atoms with Crippen molar-refractivity contribution in [2.45, 2.75) is 50.5 Å². The van der Waals surface area contributed by atoms with Gasteiger partial charge in [0, 0.05) is 19.6 Å². The van der Waals surface area contributed by atoms with Crippen molar-refractivity contribution in [3.05, 3.63) is 35.9 Å². The van der Waals surface area contributed by atoms with Gasteiger partial charge in [-0.1, -0.05) is 49.6 Å². The molecule has 132 valence electrons. The lowest BCUT2D eigenvalue weighted by Gasteiger charge is -2.32. The minimum atomic E-state index is -0.607. The molecule has 0 bridgehead atoms. The summed E-state index contributed by atoms with van der Waals surface area (Å²) < 4.78 is 0. The Kier molecular flexibility index (Phi) is 5.90. The number of likely N-dealkylation sites (tertiary alicyclic amines) is 1. The summed E-state index contributed by atoms with van der Waals surface area (Å²) in [6.07, 6.45) is 7.34. The molecule has 0 radical (unpaired) electrons. The maximum Gasteiger partial charge on any atom is 0.240 e. The fraction of sp³-hybridized carbons (Fsp3) is 0.650. The maximum atomic E-state index is 12.4. The van der Waals surface area contributed by atoms with Crippen molar-refractivity contribution in [2.75, 3.05) is 26.2 Å². The van der Waals surface area contributed by atoms with Gasteiger partial charge in [0.2, 0.25) is 5.91 Å². The maximum absolute atomic E-state index is 12.4. The molecule has 3 rings (SSSR count). The number of carbonyl (C=O) groups is 1. The van der Waals surface area contributed by atoms with E-state index >= 15 is 0 Å². The van der Waals surface area contributed by atoms with Crippen LogP contribution in [0.3, 0.4) is 0 Å². The molecule has 1 aliphatic carbocycles. The van der Waals surface area contributed by atoms with E-state index in [2.05, 4.69) is 40.5 Å². The summed E-state index contributed by atoms with van der Waals surface area (Å²) in [5.41, 5.74) is 7.10. The molecular formula is C20H31N3O. The molecule has 1 atom stereocenters. The van der Waals surface area contributed by atoms with E-state index in [4.69, 9.17) is 5.73 Å².